The molecule has 0 saturated carbocycles. The van der Waals surface area contributed by atoms with Crippen LogP contribution in [0.1, 0.15) is 6.92 Å². The summed E-state index contributed by atoms with van der Waals surface area (Å²) >= 11 is 0. The van der Waals surface area contributed by atoms with Gasteiger partial charge in [-0.05, 0) is 6.08 Å². The van der Waals surface area contributed by atoms with Gasteiger partial charge in [-0.2, -0.15) is 0 Å². The summed E-state index contributed by atoms with van der Waals surface area (Å²) in [5.74, 6) is 0.0795. The average molecular weight is 244 g/mol. The van der Waals surface area contributed by atoms with Gasteiger partial charge in [-0.1, -0.05) is 18.2 Å². The van der Waals surface area contributed by atoms with Crippen LogP contribution in [0.15, 0.2) is 59.4 Å². The monoisotopic (exact) mass is 244 g/mol. The van der Waals surface area contributed by atoms with Crippen LogP contribution in [0, 0.1) is 0 Å². The Bertz CT molecular complexity index is 583. The van der Waals surface area contributed by atoms with Crippen molar-refractivity contribution in [3.8, 4) is 5.75 Å². The van der Waals surface area contributed by atoms with Crippen LogP contribution in [0.3, 0.4) is 0 Å². The first-order valence-corrected chi connectivity index (χ1v) is 5.40. The zero-order valence-electron chi connectivity index (χ0n) is 9.76. The Morgan fingerprint density at radius 3 is 2.61 bits per heavy atom. The molecule has 0 radical (unpaired) electrons. The molecule has 0 spiro atoms. The zero-order chi connectivity index (χ0) is 13.0. The Hall–Kier alpha value is -2.36. The highest BCUT2D eigenvalue weighted by molar-refractivity contribution is 6.50. The van der Waals surface area contributed by atoms with Crippen molar-refractivity contribution >= 4 is 17.4 Å². The lowest BCUT2D eigenvalue weighted by Gasteiger charge is -1.97. The maximum Gasteiger partial charge on any atom is 0.379 e. The molecule has 0 unspecified atom stereocenters. The molecule has 0 saturated heterocycles. The molecule has 3 nitrogen and oxygen atoms in total. The van der Waals surface area contributed by atoms with Gasteiger partial charge >= 0.3 is 11.5 Å². The molecular formula is C14H11FNO2+. The van der Waals surface area contributed by atoms with Gasteiger partial charge in [0.1, 0.15) is 5.83 Å². The molecule has 0 N–H and O–H groups in total. The number of para-hydroxylation sites is 1. The van der Waals surface area contributed by atoms with Crippen LogP contribution >= 0.6 is 0 Å². The van der Waals surface area contributed by atoms with Crippen LogP contribution in [0.2, 0.25) is 0 Å². The van der Waals surface area contributed by atoms with Gasteiger partial charge in [0, 0.05) is 31.2 Å². The van der Waals surface area contributed by atoms with Crippen LogP contribution in [0.25, 0.3) is 0 Å². The summed E-state index contributed by atoms with van der Waals surface area (Å²) in [6, 6.07) is 9.03. The van der Waals surface area contributed by atoms with E-state index < -0.39 is 11.7 Å². The molecule has 1 aromatic carbocycles. The summed E-state index contributed by atoms with van der Waals surface area (Å²) < 4.78 is 18.7. The number of hydrogen-bond donors (Lipinski definition) is 0. The third-order valence-electron chi connectivity index (χ3n) is 2.17. The summed E-state index contributed by atoms with van der Waals surface area (Å²) in [4.78, 5) is 14.7. The lowest BCUT2D eigenvalue weighted by Crippen LogP contribution is -2.15. The number of rotatable bonds is 1. The fourth-order valence-corrected chi connectivity index (χ4v) is 1.45. The Morgan fingerprint density at radius 1 is 1.22 bits per heavy atom. The van der Waals surface area contributed by atoms with E-state index in [2.05, 4.69) is 4.99 Å². The third kappa shape index (κ3) is 3.07. The SMILES string of the molecule is CC(=O)N=C1C=C(F)C=CC1=[O+]c1ccccc1. The topological polar surface area (TPSA) is 40.7 Å². The molecule has 0 heterocycles. The van der Waals surface area contributed by atoms with Crippen molar-refractivity contribution in [3.05, 3.63) is 54.4 Å². The zero-order valence-corrected chi connectivity index (χ0v) is 9.76. The number of aliphatic imine (C=N–C) groups is 1. The van der Waals surface area contributed by atoms with Gasteiger partial charge in [0.2, 0.25) is 5.91 Å². The minimum Gasteiger partial charge on any atom is -0.273 e. The first-order valence-electron chi connectivity index (χ1n) is 5.40. The van der Waals surface area contributed by atoms with Gasteiger partial charge in [0.15, 0.2) is 5.71 Å². The fraction of sp³-hybridized carbons (Fsp3) is 0.0714. The van der Waals surface area contributed by atoms with Crippen LogP contribution in [-0.4, -0.2) is 17.4 Å². The van der Waals surface area contributed by atoms with E-state index in [1.54, 1.807) is 12.1 Å². The van der Waals surface area contributed by atoms with Crippen molar-refractivity contribution < 1.29 is 13.6 Å². The first kappa shape index (κ1) is 12.1. The van der Waals surface area contributed by atoms with E-state index in [1.807, 2.05) is 18.2 Å². The Morgan fingerprint density at radius 2 is 1.94 bits per heavy atom. The molecule has 4 heteroatoms. The smallest absolute Gasteiger partial charge is 0.273 e. The molecule has 0 aromatic heterocycles. The fourth-order valence-electron chi connectivity index (χ4n) is 1.45. The number of hydrogen-bond acceptors (Lipinski definition) is 1. The van der Waals surface area contributed by atoms with Crippen molar-refractivity contribution in [3.63, 3.8) is 0 Å². The normalized spacial score (nSPS) is 19.1. The van der Waals surface area contributed by atoms with Crippen molar-refractivity contribution in [1.82, 2.24) is 0 Å². The largest absolute Gasteiger partial charge is 0.379 e. The Balaban J connectivity index is 2.41. The second-order valence-corrected chi connectivity index (χ2v) is 3.66. The van der Waals surface area contributed by atoms with Gasteiger partial charge in [0.05, 0.1) is 0 Å². The van der Waals surface area contributed by atoms with E-state index in [-0.39, 0.29) is 5.71 Å². The second kappa shape index (κ2) is 5.31. The highest BCUT2D eigenvalue weighted by Crippen LogP contribution is 2.13. The van der Waals surface area contributed by atoms with E-state index in [0.29, 0.717) is 11.5 Å². The highest BCUT2D eigenvalue weighted by atomic mass is 19.1. The molecule has 1 aliphatic carbocycles. The molecule has 1 aliphatic rings. The second-order valence-electron chi connectivity index (χ2n) is 3.66. The van der Waals surface area contributed by atoms with Crippen molar-refractivity contribution in [2.45, 2.75) is 6.92 Å². The van der Waals surface area contributed by atoms with Crippen LogP contribution in [0.5, 0.6) is 5.75 Å². The highest BCUT2D eigenvalue weighted by Gasteiger charge is 2.22. The minimum absolute atomic E-state index is 0.186. The number of allylic oxidation sites excluding steroid dienone is 4. The van der Waals surface area contributed by atoms with Crippen LogP contribution in [-0.2, 0) is 9.22 Å². The van der Waals surface area contributed by atoms with Crippen molar-refractivity contribution in [2.24, 2.45) is 4.99 Å². The maximum absolute atomic E-state index is 13.1. The third-order valence-corrected chi connectivity index (χ3v) is 2.17. The quantitative estimate of drug-likeness (QED) is 0.553. The summed E-state index contributed by atoms with van der Waals surface area (Å²) in [7, 11) is 0. The van der Waals surface area contributed by atoms with E-state index >= 15 is 0 Å². The molecule has 1 aromatic rings. The molecular weight excluding hydrogens is 233 g/mol. The lowest BCUT2D eigenvalue weighted by molar-refractivity contribution is -0.362. The van der Waals surface area contributed by atoms with Crippen molar-refractivity contribution in [1.29, 1.82) is 0 Å². The number of carbonyl (C=O) groups is 1. The number of benzene rings is 1. The molecule has 90 valence electrons. The molecule has 0 atom stereocenters. The maximum atomic E-state index is 13.1. The Kier molecular flexibility index (Phi) is 3.57. The minimum atomic E-state index is -0.463. The number of ketones is 1. The first-order chi connectivity index (χ1) is 8.65. The number of amides is 1. The Labute approximate surface area is 104 Å². The van der Waals surface area contributed by atoms with E-state index in [1.165, 1.54) is 25.2 Å². The number of carbonyl (C=O) groups excluding carboxylic acids is 2. The van der Waals surface area contributed by atoms with Gasteiger partial charge in [0.25, 0.3) is 0 Å². The van der Waals surface area contributed by atoms with Crippen LogP contribution in [0.4, 0.5) is 4.39 Å². The van der Waals surface area contributed by atoms with Crippen molar-refractivity contribution in [2.75, 3.05) is 0 Å². The molecule has 0 fully saturated rings. The van der Waals surface area contributed by atoms with Crippen LogP contribution < -0.4 is 0 Å². The van der Waals surface area contributed by atoms with E-state index in [4.69, 9.17) is 4.42 Å². The molecule has 18 heavy (non-hydrogen) atoms. The number of nitrogens with zero attached hydrogens (tertiary/aromatic N) is 1. The summed E-state index contributed by atoms with van der Waals surface area (Å²) in [6.45, 7) is 1.30. The molecule has 2 rings (SSSR count). The van der Waals surface area contributed by atoms with Gasteiger partial charge < -0.3 is 0 Å². The lowest BCUT2D eigenvalue weighted by atomic mass is 10.1. The predicted octanol–water partition coefficient (Wildman–Crippen LogP) is 2.92. The van der Waals surface area contributed by atoms with Gasteiger partial charge in [-0.3, -0.25) is 4.79 Å². The molecule has 0 bridgehead atoms. The standard InChI is InChI=1S/C14H11FNO2/c1-10(17)16-13-9-11(15)7-8-14(13)18-12-5-3-2-4-6-12/h2-9H,1H3/q+1. The van der Waals surface area contributed by atoms with Gasteiger partial charge in [-0.15, -0.1) is 0 Å². The van der Waals surface area contributed by atoms with E-state index in [0.717, 1.165) is 0 Å². The molecule has 0 aliphatic heterocycles. The predicted molar refractivity (Wildman–Crippen MR) is 67.3 cm³/mol. The average Bonchev–Trinajstić information content (AvgIpc) is 2.33. The van der Waals surface area contributed by atoms with E-state index in [9.17, 15) is 9.18 Å². The molecule has 1 amide bonds. The summed E-state index contributed by atoms with van der Waals surface area (Å²) in [5.41, 5.74) is 0.186. The van der Waals surface area contributed by atoms with Gasteiger partial charge in [-0.25, -0.2) is 13.8 Å². The summed E-state index contributed by atoms with van der Waals surface area (Å²) in [6.07, 6.45) is 3.88. The number of halogens is 1. The summed E-state index contributed by atoms with van der Waals surface area (Å²) in [5, 5.41) is 0.